The van der Waals surface area contributed by atoms with Gasteiger partial charge >= 0.3 is 11.8 Å². The van der Waals surface area contributed by atoms with E-state index in [1.165, 1.54) is 6.08 Å². The lowest BCUT2D eigenvalue weighted by atomic mass is 9.98. The predicted octanol–water partition coefficient (Wildman–Crippen LogP) is 5.27. The van der Waals surface area contributed by atoms with E-state index in [1.54, 1.807) is 49.8 Å². The van der Waals surface area contributed by atoms with Crippen LogP contribution in [0.2, 0.25) is 0 Å². The SMILES string of the molecule is Cc1ccnc(C(C)C)c1-n1c2c(c(N3CCN(C(=O)OC(C)(C)C)C[C@@H]3C)nc1=O)C=C(F)/C(=C1/C(=O)C=CC=C1F)N2O. The molecule has 0 bridgehead atoms. The summed E-state index contributed by atoms with van der Waals surface area (Å²) in [5, 5.41) is 12.0. The molecule has 2 aromatic heterocycles. The number of hydroxylamine groups is 1. The summed E-state index contributed by atoms with van der Waals surface area (Å²) in [6.07, 6.45) is 5.37. The van der Waals surface area contributed by atoms with Crippen LogP contribution in [0, 0.1) is 6.92 Å². The van der Waals surface area contributed by atoms with Gasteiger partial charge < -0.3 is 14.5 Å². The van der Waals surface area contributed by atoms with E-state index in [1.807, 2.05) is 20.8 Å². The molecular formula is C32H36F2N6O5. The number of hydrogen-bond donors (Lipinski definition) is 1. The van der Waals surface area contributed by atoms with Crippen LogP contribution in [-0.4, -0.2) is 67.8 Å². The number of allylic oxidation sites excluding steroid dienone is 6. The van der Waals surface area contributed by atoms with Gasteiger partial charge in [0.2, 0.25) is 0 Å². The van der Waals surface area contributed by atoms with Crippen LogP contribution in [0.25, 0.3) is 11.8 Å². The first-order valence-corrected chi connectivity index (χ1v) is 14.7. The fraction of sp³-hybridized carbons (Fsp3) is 0.406. The highest BCUT2D eigenvalue weighted by Gasteiger charge is 2.39. The number of amides is 1. The Morgan fingerprint density at radius 3 is 2.49 bits per heavy atom. The minimum absolute atomic E-state index is 0.0256. The van der Waals surface area contributed by atoms with E-state index in [9.17, 15) is 19.6 Å². The van der Waals surface area contributed by atoms with Crippen molar-refractivity contribution in [1.82, 2.24) is 19.4 Å². The summed E-state index contributed by atoms with van der Waals surface area (Å²) in [5.74, 6) is -3.35. The summed E-state index contributed by atoms with van der Waals surface area (Å²) in [6, 6.07) is 1.28. The van der Waals surface area contributed by atoms with Gasteiger partial charge in [-0.2, -0.15) is 4.98 Å². The van der Waals surface area contributed by atoms with Gasteiger partial charge in [-0.05, 0) is 70.4 Å². The van der Waals surface area contributed by atoms with Gasteiger partial charge in [-0.3, -0.25) is 15.0 Å². The molecule has 1 amide bonds. The van der Waals surface area contributed by atoms with E-state index in [2.05, 4.69) is 9.97 Å². The molecule has 1 N–H and O–H groups in total. The largest absolute Gasteiger partial charge is 0.444 e. The number of fused-ring (bicyclic) bond motifs is 1. The van der Waals surface area contributed by atoms with E-state index in [-0.39, 0.29) is 42.8 Å². The van der Waals surface area contributed by atoms with E-state index in [0.717, 1.165) is 22.8 Å². The molecule has 1 saturated heterocycles. The molecule has 45 heavy (non-hydrogen) atoms. The molecule has 2 aliphatic heterocycles. The summed E-state index contributed by atoms with van der Waals surface area (Å²) in [6.45, 7) is 13.3. The number of carbonyl (C=O) groups excluding carboxylic acids is 2. The van der Waals surface area contributed by atoms with Crippen molar-refractivity contribution < 1.29 is 28.3 Å². The Labute approximate surface area is 259 Å². The number of pyridine rings is 1. The number of ketones is 1. The molecule has 2 aromatic rings. The second kappa shape index (κ2) is 11.7. The zero-order valence-electron chi connectivity index (χ0n) is 26.3. The third-order valence-electron chi connectivity index (χ3n) is 7.68. The monoisotopic (exact) mass is 622 g/mol. The molecule has 0 radical (unpaired) electrons. The van der Waals surface area contributed by atoms with Crippen molar-refractivity contribution >= 4 is 29.6 Å². The minimum Gasteiger partial charge on any atom is -0.444 e. The lowest BCUT2D eigenvalue weighted by Gasteiger charge is -2.42. The first-order valence-electron chi connectivity index (χ1n) is 14.7. The van der Waals surface area contributed by atoms with Gasteiger partial charge in [0.05, 0.1) is 22.5 Å². The van der Waals surface area contributed by atoms with E-state index in [0.29, 0.717) is 22.0 Å². The van der Waals surface area contributed by atoms with Gasteiger partial charge in [0.15, 0.2) is 17.4 Å². The zero-order chi connectivity index (χ0) is 33.0. The Morgan fingerprint density at radius 2 is 1.87 bits per heavy atom. The Kier molecular flexibility index (Phi) is 8.25. The van der Waals surface area contributed by atoms with E-state index >= 15 is 8.78 Å². The third kappa shape index (κ3) is 5.79. The average Bonchev–Trinajstić information content (AvgIpc) is 2.94. The Hall–Kier alpha value is -4.65. The second-order valence-electron chi connectivity index (χ2n) is 12.5. The highest BCUT2D eigenvalue weighted by atomic mass is 19.1. The zero-order valence-corrected chi connectivity index (χ0v) is 26.3. The number of aryl methyl sites for hydroxylation is 1. The van der Waals surface area contributed by atoms with Crippen LogP contribution in [0.4, 0.5) is 25.2 Å². The molecule has 1 aliphatic carbocycles. The molecule has 3 aliphatic rings. The highest BCUT2D eigenvalue weighted by Crippen LogP contribution is 2.43. The fourth-order valence-corrected chi connectivity index (χ4v) is 5.68. The maximum atomic E-state index is 16.0. The summed E-state index contributed by atoms with van der Waals surface area (Å²) in [4.78, 5) is 51.7. The normalized spacial score (nSPS) is 20.4. The summed E-state index contributed by atoms with van der Waals surface area (Å²) in [7, 11) is 0. The molecule has 11 nitrogen and oxygen atoms in total. The topological polar surface area (TPSA) is 121 Å². The van der Waals surface area contributed by atoms with Crippen molar-refractivity contribution in [3.63, 3.8) is 0 Å². The maximum absolute atomic E-state index is 16.0. The highest BCUT2D eigenvalue weighted by molar-refractivity contribution is 6.10. The average molecular weight is 623 g/mol. The van der Waals surface area contributed by atoms with Gasteiger partial charge in [0.25, 0.3) is 0 Å². The number of rotatable bonds is 3. The van der Waals surface area contributed by atoms with Crippen LogP contribution in [0.5, 0.6) is 0 Å². The van der Waals surface area contributed by atoms with Crippen LogP contribution in [0.15, 0.2) is 58.2 Å². The lowest BCUT2D eigenvalue weighted by Crippen LogP contribution is -2.55. The van der Waals surface area contributed by atoms with Crippen LogP contribution in [-0.2, 0) is 9.53 Å². The second-order valence-corrected chi connectivity index (χ2v) is 12.5. The molecule has 0 spiro atoms. The predicted molar refractivity (Wildman–Crippen MR) is 165 cm³/mol. The van der Waals surface area contributed by atoms with Crippen molar-refractivity contribution in [2.45, 2.75) is 66.0 Å². The Balaban J connectivity index is 1.73. The Bertz CT molecular complexity index is 1770. The third-order valence-corrected chi connectivity index (χ3v) is 7.68. The van der Waals surface area contributed by atoms with Gasteiger partial charge in [0, 0.05) is 31.9 Å². The molecule has 0 saturated carbocycles. The van der Waals surface area contributed by atoms with Crippen molar-refractivity contribution in [3.8, 4) is 5.69 Å². The number of aromatic nitrogens is 3. The maximum Gasteiger partial charge on any atom is 0.410 e. The molecule has 5 rings (SSSR count). The van der Waals surface area contributed by atoms with E-state index in [4.69, 9.17) is 4.74 Å². The van der Waals surface area contributed by atoms with Crippen molar-refractivity contribution in [2.24, 2.45) is 0 Å². The molecule has 238 valence electrons. The van der Waals surface area contributed by atoms with Crippen molar-refractivity contribution in [1.29, 1.82) is 0 Å². The molecule has 0 aromatic carbocycles. The number of ether oxygens (including phenoxy) is 1. The first-order chi connectivity index (χ1) is 21.1. The lowest BCUT2D eigenvalue weighted by molar-refractivity contribution is -0.111. The molecule has 1 atom stereocenters. The number of piperazine rings is 1. The van der Waals surface area contributed by atoms with Crippen molar-refractivity contribution in [3.05, 3.63) is 80.7 Å². The van der Waals surface area contributed by atoms with Crippen LogP contribution >= 0.6 is 0 Å². The van der Waals surface area contributed by atoms with Crippen molar-refractivity contribution in [2.75, 3.05) is 29.6 Å². The molecule has 4 heterocycles. The molecule has 1 fully saturated rings. The summed E-state index contributed by atoms with van der Waals surface area (Å²) >= 11 is 0. The van der Waals surface area contributed by atoms with Crippen LogP contribution < -0.4 is 15.7 Å². The number of nitrogens with zero attached hydrogens (tertiary/aromatic N) is 6. The molecule has 13 heteroatoms. The summed E-state index contributed by atoms with van der Waals surface area (Å²) < 4.78 is 37.7. The minimum atomic E-state index is -1.10. The van der Waals surface area contributed by atoms with Crippen LogP contribution in [0.3, 0.4) is 0 Å². The molecular weight excluding hydrogens is 586 g/mol. The van der Waals surface area contributed by atoms with Gasteiger partial charge in [-0.1, -0.05) is 19.9 Å². The number of anilines is 2. The van der Waals surface area contributed by atoms with Gasteiger partial charge in [0.1, 0.15) is 22.9 Å². The quantitative estimate of drug-likeness (QED) is 0.457. The standard InChI is InChI=1S/C32H36F2N6O5/c1-17(2)25-26(18(3)11-12-35-25)39-29-20(15-22(34)27(40(29)44)24-21(33)9-8-10-23(24)41)28(36-30(39)42)38-14-13-37(16-19(38)4)31(43)45-32(5,6)7/h8-12,15,17,19,44H,13-14,16H2,1-7H3/b27-24-/t19-/m0/s1. The summed E-state index contributed by atoms with van der Waals surface area (Å²) in [5.41, 5.74) is -1.47. The fourth-order valence-electron chi connectivity index (χ4n) is 5.68. The number of hydrogen-bond acceptors (Lipinski definition) is 9. The smallest absolute Gasteiger partial charge is 0.410 e. The van der Waals surface area contributed by atoms with Crippen LogP contribution in [0.1, 0.15) is 64.3 Å². The van der Waals surface area contributed by atoms with Gasteiger partial charge in [-0.15, -0.1) is 0 Å². The number of halogens is 2. The number of carbonyl (C=O) groups is 2. The first kappa shape index (κ1) is 31.8. The van der Waals surface area contributed by atoms with Gasteiger partial charge in [-0.25, -0.2) is 28.0 Å². The van der Waals surface area contributed by atoms with E-state index < -0.39 is 52.1 Å². The Morgan fingerprint density at radius 1 is 1.16 bits per heavy atom. The molecule has 0 unspecified atom stereocenters.